The first-order valence-electron chi connectivity index (χ1n) is 5.74. The third kappa shape index (κ3) is 3.12. The Labute approximate surface area is 112 Å². The lowest BCUT2D eigenvalue weighted by Crippen LogP contribution is -1.89. The molecular formula is C15H14N2S. The molecule has 2 rings (SSSR count). The van der Waals surface area contributed by atoms with Gasteiger partial charge in [0.15, 0.2) is 0 Å². The van der Waals surface area contributed by atoms with Gasteiger partial charge in [0.25, 0.3) is 0 Å². The van der Waals surface area contributed by atoms with Crippen LogP contribution >= 0.6 is 11.8 Å². The smallest absolute Gasteiger partial charge is 0.114 e. The highest BCUT2D eigenvalue weighted by Gasteiger charge is 2.04. The van der Waals surface area contributed by atoms with Gasteiger partial charge in [0.2, 0.25) is 0 Å². The summed E-state index contributed by atoms with van der Waals surface area (Å²) in [7, 11) is 0. The van der Waals surface area contributed by atoms with E-state index in [9.17, 15) is 0 Å². The molecule has 18 heavy (non-hydrogen) atoms. The summed E-state index contributed by atoms with van der Waals surface area (Å²) in [6, 6.07) is 12.3. The van der Waals surface area contributed by atoms with Gasteiger partial charge in [-0.2, -0.15) is 5.26 Å². The van der Waals surface area contributed by atoms with Crippen LogP contribution in [0.2, 0.25) is 0 Å². The molecule has 0 fully saturated rings. The quantitative estimate of drug-likeness (QED) is 0.780. The summed E-state index contributed by atoms with van der Waals surface area (Å²) < 4.78 is 0. The molecule has 90 valence electrons. The summed E-state index contributed by atoms with van der Waals surface area (Å²) in [6.45, 7) is 4.20. The van der Waals surface area contributed by atoms with E-state index in [2.05, 4.69) is 43.1 Å². The average Bonchev–Trinajstić information content (AvgIpc) is 2.35. The second-order valence-electron chi connectivity index (χ2n) is 4.25. The van der Waals surface area contributed by atoms with E-state index in [0.717, 1.165) is 10.8 Å². The summed E-state index contributed by atoms with van der Waals surface area (Å²) in [5.41, 5.74) is 4.46. The number of thioether (sulfide) groups is 1. The minimum atomic E-state index is 0.645. The molecule has 2 nitrogen and oxygen atoms in total. The SMILES string of the molecule is Cc1cc(C)cc(CSc2ncccc2C#N)c1. The van der Waals surface area contributed by atoms with E-state index >= 15 is 0 Å². The van der Waals surface area contributed by atoms with Gasteiger partial charge in [-0.25, -0.2) is 4.98 Å². The first-order chi connectivity index (χ1) is 8.69. The van der Waals surface area contributed by atoms with Gasteiger partial charge in [-0.15, -0.1) is 11.8 Å². The molecule has 0 saturated heterocycles. The zero-order valence-electron chi connectivity index (χ0n) is 10.5. The molecule has 1 aromatic heterocycles. The van der Waals surface area contributed by atoms with Gasteiger partial charge in [0.1, 0.15) is 11.1 Å². The van der Waals surface area contributed by atoms with Crippen molar-refractivity contribution in [3.63, 3.8) is 0 Å². The van der Waals surface area contributed by atoms with Gasteiger partial charge in [0, 0.05) is 11.9 Å². The monoisotopic (exact) mass is 254 g/mol. The Morgan fingerprint density at radius 2 is 1.94 bits per heavy atom. The second kappa shape index (κ2) is 5.70. The first-order valence-corrected chi connectivity index (χ1v) is 6.72. The minimum absolute atomic E-state index is 0.645. The summed E-state index contributed by atoms with van der Waals surface area (Å²) in [5.74, 6) is 0.841. The molecule has 0 amide bonds. The Bertz CT molecular complexity index is 579. The predicted octanol–water partition coefficient (Wildman–Crippen LogP) is 3.86. The van der Waals surface area contributed by atoms with E-state index in [1.165, 1.54) is 16.7 Å². The molecule has 2 aromatic rings. The van der Waals surface area contributed by atoms with Crippen LogP contribution in [0.25, 0.3) is 0 Å². The number of aryl methyl sites for hydroxylation is 2. The van der Waals surface area contributed by atoms with Gasteiger partial charge in [-0.05, 0) is 31.5 Å². The van der Waals surface area contributed by atoms with Gasteiger partial charge in [-0.1, -0.05) is 29.3 Å². The number of benzene rings is 1. The van der Waals surface area contributed by atoms with Crippen molar-refractivity contribution in [1.82, 2.24) is 4.98 Å². The topological polar surface area (TPSA) is 36.7 Å². The van der Waals surface area contributed by atoms with Crippen molar-refractivity contribution in [3.8, 4) is 6.07 Å². The predicted molar refractivity (Wildman–Crippen MR) is 74.4 cm³/mol. The van der Waals surface area contributed by atoms with Crippen LogP contribution in [0.15, 0.2) is 41.6 Å². The molecule has 0 spiro atoms. The molecule has 0 aliphatic heterocycles. The molecule has 0 radical (unpaired) electrons. The van der Waals surface area contributed by atoms with E-state index in [1.807, 2.05) is 0 Å². The molecule has 0 N–H and O–H groups in total. The lowest BCUT2D eigenvalue weighted by Gasteiger charge is -2.05. The van der Waals surface area contributed by atoms with Crippen LogP contribution in [0, 0.1) is 25.2 Å². The molecule has 3 heteroatoms. The number of nitriles is 1. The van der Waals surface area contributed by atoms with Gasteiger partial charge < -0.3 is 0 Å². The van der Waals surface area contributed by atoms with E-state index < -0.39 is 0 Å². The molecule has 0 unspecified atom stereocenters. The van der Waals surface area contributed by atoms with Crippen LogP contribution in [0.4, 0.5) is 0 Å². The average molecular weight is 254 g/mol. The van der Waals surface area contributed by atoms with Crippen molar-refractivity contribution in [2.24, 2.45) is 0 Å². The Morgan fingerprint density at radius 3 is 2.61 bits per heavy atom. The fourth-order valence-electron chi connectivity index (χ4n) is 1.89. The van der Waals surface area contributed by atoms with Crippen molar-refractivity contribution in [2.75, 3.05) is 0 Å². The van der Waals surface area contributed by atoms with E-state index in [4.69, 9.17) is 5.26 Å². The maximum atomic E-state index is 9.00. The largest absolute Gasteiger partial charge is 0.249 e. The standard InChI is InChI=1S/C15H14N2S/c1-11-6-12(2)8-13(7-11)10-18-15-14(9-16)4-3-5-17-15/h3-8H,10H2,1-2H3. The highest BCUT2D eigenvalue weighted by Crippen LogP contribution is 2.24. The number of pyridine rings is 1. The highest BCUT2D eigenvalue weighted by atomic mass is 32.2. The fraction of sp³-hybridized carbons (Fsp3) is 0.200. The Balaban J connectivity index is 2.14. The summed E-state index contributed by atoms with van der Waals surface area (Å²) >= 11 is 1.61. The van der Waals surface area contributed by atoms with Crippen molar-refractivity contribution in [3.05, 3.63) is 58.8 Å². The van der Waals surface area contributed by atoms with Crippen LogP contribution in [-0.4, -0.2) is 4.98 Å². The number of hydrogen-bond acceptors (Lipinski definition) is 3. The van der Waals surface area contributed by atoms with Crippen molar-refractivity contribution >= 4 is 11.8 Å². The van der Waals surface area contributed by atoms with Crippen molar-refractivity contribution < 1.29 is 0 Å². The molecule has 0 aliphatic rings. The normalized spacial score (nSPS) is 10.1. The van der Waals surface area contributed by atoms with Gasteiger partial charge >= 0.3 is 0 Å². The molecule has 0 aliphatic carbocycles. The lowest BCUT2D eigenvalue weighted by atomic mass is 10.1. The highest BCUT2D eigenvalue weighted by molar-refractivity contribution is 7.98. The minimum Gasteiger partial charge on any atom is -0.249 e. The number of nitrogens with zero attached hydrogens (tertiary/aromatic N) is 2. The summed E-state index contributed by atoms with van der Waals surface area (Å²) in [6.07, 6.45) is 1.73. The molecular weight excluding hydrogens is 240 g/mol. The van der Waals surface area contributed by atoms with Gasteiger partial charge in [0.05, 0.1) is 5.56 Å². The molecule has 1 aromatic carbocycles. The number of aromatic nitrogens is 1. The van der Waals surface area contributed by atoms with Crippen molar-refractivity contribution in [2.45, 2.75) is 24.6 Å². The van der Waals surface area contributed by atoms with Crippen LogP contribution < -0.4 is 0 Å². The zero-order chi connectivity index (χ0) is 13.0. The fourth-order valence-corrected chi connectivity index (χ4v) is 2.77. The van der Waals surface area contributed by atoms with Crippen molar-refractivity contribution in [1.29, 1.82) is 5.26 Å². The molecule has 0 atom stereocenters. The molecule has 0 saturated carbocycles. The Morgan fingerprint density at radius 1 is 1.22 bits per heavy atom. The summed E-state index contributed by atoms with van der Waals surface area (Å²) in [4.78, 5) is 4.25. The molecule has 1 heterocycles. The maximum Gasteiger partial charge on any atom is 0.114 e. The third-order valence-corrected chi connectivity index (χ3v) is 3.63. The first kappa shape index (κ1) is 12.7. The lowest BCUT2D eigenvalue weighted by molar-refractivity contribution is 1.11. The maximum absolute atomic E-state index is 9.00. The van der Waals surface area contributed by atoms with Gasteiger partial charge in [-0.3, -0.25) is 0 Å². The van der Waals surface area contributed by atoms with E-state index in [1.54, 1.807) is 30.1 Å². The number of hydrogen-bond donors (Lipinski definition) is 0. The third-order valence-electron chi connectivity index (χ3n) is 2.55. The molecule has 0 bridgehead atoms. The van der Waals surface area contributed by atoms with E-state index in [-0.39, 0.29) is 0 Å². The van der Waals surface area contributed by atoms with Crippen LogP contribution in [0.5, 0.6) is 0 Å². The second-order valence-corrected chi connectivity index (χ2v) is 5.22. The Hall–Kier alpha value is -1.79. The summed E-state index contributed by atoms with van der Waals surface area (Å²) in [5, 5.41) is 9.81. The Kier molecular flexibility index (Phi) is 4.01. The van der Waals surface area contributed by atoms with Crippen LogP contribution in [0.3, 0.4) is 0 Å². The zero-order valence-corrected chi connectivity index (χ0v) is 11.3. The van der Waals surface area contributed by atoms with Crippen LogP contribution in [-0.2, 0) is 5.75 Å². The van der Waals surface area contributed by atoms with E-state index in [0.29, 0.717) is 5.56 Å². The van der Waals surface area contributed by atoms with Crippen LogP contribution in [0.1, 0.15) is 22.3 Å². The number of rotatable bonds is 3.